The van der Waals surface area contributed by atoms with Gasteiger partial charge in [0, 0.05) is 10.9 Å². The molecule has 1 heterocycles. The van der Waals surface area contributed by atoms with Crippen molar-refractivity contribution < 1.29 is 0 Å². The van der Waals surface area contributed by atoms with Gasteiger partial charge < -0.3 is 4.98 Å². The number of para-hydroxylation sites is 2. The van der Waals surface area contributed by atoms with Crippen molar-refractivity contribution in [2.24, 2.45) is 4.99 Å². The van der Waals surface area contributed by atoms with E-state index in [0.717, 1.165) is 16.9 Å². The zero-order valence-corrected chi connectivity index (χ0v) is 13.3. The first-order valence-electron chi connectivity index (χ1n) is 6.65. The van der Waals surface area contributed by atoms with Crippen molar-refractivity contribution in [2.75, 3.05) is 0 Å². The van der Waals surface area contributed by atoms with Crippen molar-refractivity contribution in [3.8, 4) is 0 Å². The molecule has 0 aliphatic heterocycles. The number of aromatic amines is 1. The van der Waals surface area contributed by atoms with Gasteiger partial charge in [0.05, 0.1) is 21.5 Å². The van der Waals surface area contributed by atoms with Crippen molar-refractivity contribution in [3.05, 3.63) is 63.8 Å². The first-order chi connectivity index (χ1) is 10.1. The quantitative estimate of drug-likeness (QED) is 0.568. The molecule has 3 rings (SSSR count). The van der Waals surface area contributed by atoms with E-state index in [1.165, 1.54) is 10.9 Å². The molecule has 1 N–H and O–H groups in total. The molecule has 0 unspecified atom stereocenters. The summed E-state index contributed by atoms with van der Waals surface area (Å²) < 4.78 is 0. The summed E-state index contributed by atoms with van der Waals surface area (Å²) in [6.45, 7) is 4.04. The minimum atomic E-state index is 0.551. The molecule has 0 fully saturated rings. The summed E-state index contributed by atoms with van der Waals surface area (Å²) in [4.78, 5) is 8.01. The molecule has 1 aromatic heterocycles. The van der Waals surface area contributed by atoms with Crippen molar-refractivity contribution in [3.63, 3.8) is 0 Å². The van der Waals surface area contributed by atoms with E-state index in [1.807, 2.05) is 25.1 Å². The van der Waals surface area contributed by atoms with Crippen LogP contribution >= 0.6 is 23.2 Å². The third-order valence-corrected chi connectivity index (χ3v) is 4.15. The fourth-order valence-corrected chi connectivity index (χ4v) is 2.95. The van der Waals surface area contributed by atoms with Crippen LogP contribution < -0.4 is 0 Å². The molecule has 106 valence electrons. The number of nitrogens with one attached hydrogen (secondary N) is 1. The Bertz CT molecular complexity index is 827. The first-order valence-corrected chi connectivity index (χ1v) is 7.40. The van der Waals surface area contributed by atoms with Crippen LogP contribution in [0.15, 0.2) is 47.5 Å². The fraction of sp³-hybridized carbons (Fsp3) is 0.118. The Morgan fingerprint density at radius 2 is 1.67 bits per heavy atom. The van der Waals surface area contributed by atoms with Crippen LogP contribution in [0.5, 0.6) is 0 Å². The summed E-state index contributed by atoms with van der Waals surface area (Å²) >= 11 is 12.4. The van der Waals surface area contributed by atoms with Crippen LogP contribution in [0, 0.1) is 6.92 Å². The zero-order valence-electron chi connectivity index (χ0n) is 11.7. The third-order valence-electron chi connectivity index (χ3n) is 3.54. The van der Waals surface area contributed by atoms with Gasteiger partial charge in [-0.2, -0.15) is 0 Å². The second-order valence-corrected chi connectivity index (χ2v) is 5.75. The monoisotopic (exact) mass is 316 g/mol. The lowest BCUT2D eigenvalue weighted by atomic mass is 10.1. The van der Waals surface area contributed by atoms with Crippen molar-refractivity contribution in [1.29, 1.82) is 0 Å². The second-order valence-electron chi connectivity index (χ2n) is 4.94. The average molecular weight is 317 g/mol. The molecular formula is C17H14Cl2N2. The number of aliphatic imine (C=N–C) groups is 1. The number of rotatable bonds is 2. The zero-order chi connectivity index (χ0) is 15.0. The van der Waals surface area contributed by atoms with E-state index < -0.39 is 0 Å². The minimum Gasteiger partial charge on any atom is -0.353 e. The maximum atomic E-state index is 6.18. The number of aryl methyl sites for hydroxylation is 1. The molecule has 0 spiro atoms. The number of benzene rings is 2. The lowest BCUT2D eigenvalue weighted by Crippen LogP contribution is -1.97. The van der Waals surface area contributed by atoms with Gasteiger partial charge in [-0.3, -0.25) is 0 Å². The SMILES string of the molecule is CC(=Nc1c(Cl)cccc1Cl)c1[nH]c2ccccc2c1C. The highest BCUT2D eigenvalue weighted by Gasteiger charge is 2.11. The summed E-state index contributed by atoms with van der Waals surface area (Å²) in [7, 11) is 0. The average Bonchev–Trinajstić information content (AvgIpc) is 2.81. The Labute approximate surface area is 133 Å². The summed E-state index contributed by atoms with van der Waals surface area (Å²) in [5.41, 5.74) is 4.75. The lowest BCUT2D eigenvalue weighted by Gasteiger charge is -2.04. The van der Waals surface area contributed by atoms with Crippen LogP contribution in [-0.4, -0.2) is 10.7 Å². The summed E-state index contributed by atoms with van der Waals surface area (Å²) in [6, 6.07) is 13.6. The number of hydrogen-bond acceptors (Lipinski definition) is 1. The maximum absolute atomic E-state index is 6.18. The predicted molar refractivity (Wildman–Crippen MR) is 91.4 cm³/mol. The molecule has 0 amide bonds. The van der Waals surface area contributed by atoms with E-state index in [9.17, 15) is 0 Å². The molecule has 0 saturated carbocycles. The van der Waals surface area contributed by atoms with Crippen LogP contribution in [0.25, 0.3) is 10.9 Å². The van der Waals surface area contributed by atoms with Gasteiger partial charge in [-0.1, -0.05) is 47.5 Å². The lowest BCUT2D eigenvalue weighted by molar-refractivity contribution is 1.34. The molecule has 2 nitrogen and oxygen atoms in total. The second kappa shape index (κ2) is 5.55. The molecule has 0 bridgehead atoms. The van der Waals surface area contributed by atoms with Gasteiger partial charge in [0.25, 0.3) is 0 Å². The van der Waals surface area contributed by atoms with Gasteiger partial charge in [0.15, 0.2) is 0 Å². The number of H-pyrrole nitrogens is 1. The Morgan fingerprint density at radius 3 is 2.33 bits per heavy atom. The Hall–Kier alpha value is -1.77. The highest BCUT2D eigenvalue weighted by Crippen LogP contribution is 2.33. The highest BCUT2D eigenvalue weighted by atomic mass is 35.5. The maximum Gasteiger partial charge on any atom is 0.101 e. The van der Waals surface area contributed by atoms with Gasteiger partial charge in [0.2, 0.25) is 0 Å². The minimum absolute atomic E-state index is 0.551. The molecule has 21 heavy (non-hydrogen) atoms. The van der Waals surface area contributed by atoms with Crippen LogP contribution in [0.2, 0.25) is 10.0 Å². The van der Waals surface area contributed by atoms with Gasteiger partial charge in [-0.15, -0.1) is 0 Å². The van der Waals surface area contributed by atoms with Gasteiger partial charge in [0.1, 0.15) is 5.69 Å². The molecule has 3 aromatic rings. The Morgan fingerprint density at radius 1 is 1.00 bits per heavy atom. The molecule has 0 aliphatic rings. The molecule has 0 atom stereocenters. The van der Waals surface area contributed by atoms with Crippen LogP contribution in [-0.2, 0) is 0 Å². The Balaban J connectivity index is 2.14. The molecule has 0 saturated heterocycles. The molecule has 0 radical (unpaired) electrons. The van der Waals surface area contributed by atoms with Crippen molar-refractivity contribution >= 4 is 45.5 Å². The molecule has 2 aromatic carbocycles. The van der Waals surface area contributed by atoms with E-state index in [4.69, 9.17) is 23.2 Å². The van der Waals surface area contributed by atoms with Gasteiger partial charge in [-0.05, 0) is 37.6 Å². The normalized spacial score (nSPS) is 12.1. The smallest absolute Gasteiger partial charge is 0.101 e. The molecule has 4 heteroatoms. The standard InChI is InChI=1S/C17H14Cl2N2/c1-10-12-6-3-4-9-15(12)21-16(10)11(2)20-17-13(18)7-5-8-14(17)19/h3-9,21H,1-2H3. The number of halogens is 2. The third kappa shape index (κ3) is 2.57. The summed E-state index contributed by atoms with van der Waals surface area (Å²) in [5, 5.41) is 2.30. The van der Waals surface area contributed by atoms with Crippen molar-refractivity contribution in [2.45, 2.75) is 13.8 Å². The first kappa shape index (κ1) is 14.2. The molecular weight excluding hydrogens is 303 g/mol. The van der Waals surface area contributed by atoms with Gasteiger partial charge in [-0.25, -0.2) is 4.99 Å². The summed E-state index contributed by atoms with van der Waals surface area (Å²) in [5.74, 6) is 0. The number of nitrogens with zero attached hydrogens (tertiary/aromatic N) is 1. The number of aromatic nitrogens is 1. The summed E-state index contributed by atoms with van der Waals surface area (Å²) in [6.07, 6.45) is 0. The Kier molecular flexibility index (Phi) is 3.75. The van der Waals surface area contributed by atoms with Crippen LogP contribution in [0.3, 0.4) is 0 Å². The van der Waals surface area contributed by atoms with E-state index in [-0.39, 0.29) is 0 Å². The van der Waals surface area contributed by atoms with E-state index in [1.54, 1.807) is 12.1 Å². The topological polar surface area (TPSA) is 28.1 Å². The molecule has 0 aliphatic carbocycles. The van der Waals surface area contributed by atoms with Crippen LogP contribution in [0.4, 0.5) is 5.69 Å². The van der Waals surface area contributed by atoms with Crippen LogP contribution in [0.1, 0.15) is 18.2 Å². The van der Waals surface area contributed by atoms with Gasteiger partial charge >= 0.3 is 0 Å². The van der Waals surface area contributed by atoms with Crippen molar-refractivity contribution in [1.82, 2.24) is 4.98 Å². The van der Waals surface area contributed by atoms with E-state index in [0.29, 0.717) is 15.7 Å². The fourth-order valence-electron chi connectivity index (χ4n) is 2.46. The van der Waals surface area contributed by atoms with E-state index in [2.05, 4.69) is 29.0 Å². The number of hydrogen-bond donors (Lipinski definition) is 1. The predicted octanol–water partition coefficient (Wildman–Crippen LogP) is 5.92. The van der Waals surface area contributed by atoms with E-state index >= 15 is 0 Å². The largest absolute Gasteiger partial charge is 0.353 e. The number of fused-ring (bicyclic) bond motifs is 1. The highest BCUT2D eigenvalue weighted by molar-refractivity contribution is 6.39.